The van der Waals surface area contributed by atoms with Crippen molar-refractivity contribution >= 4 is 55.9 Å². The van der Waals surface area contributed by atoms with Crippen LogP contribution in [0.25, 0.3) is 11.0 Å². The minimum absolute atomic E-state index is 0.0145. The van der Waals surface area contributed by atoms with Gasteiger partial charge in [-0.25, -0.2) is 18.4 Å². The monoisotopic (exact) mass is 582 g/mol. The molecule has 4 rings (SSSR count). The third kappa shape index (κ3) is 6.61. The van der Waals surface area contributed by atoms with Gasteiger partial charge in [-0.15, -0.1) is 0 Å². The zero-order chi connectivity index (χ0) is 28.9. The molecule has 12 heteroatoms. The predicted octanol–water partition coefficient (Wildman–Crippen LogP) is 4.79. The van der Waals surface area contributed by atoms with E-state index in [0.717, 1.165) is 0 Å². The Labute approximate surface area is 238 Å². The molecule has 0 spiro atoms. The minimum atomic E-state index is -4.08. The van der Waals surface area contributed by atoms with Crippen LogP contribution in [0.5, 0.6) is 5.75 Å². The molecule has 0 radical (unpaired) electrons. The number of hydrogen-bond acceptors (Lipinski definition) is 8. The van der Waals surface area contributed by atoms with Crippen LogP contribution >= 0.6 is 11.6 Å². The number of benzene rings is 3. The number of anilines is 3. The summed E-state index contributed by atoms with van der Waals surface area (Å²) >= 11 is 6.42. The summed E-state index contributed by atoms with van der Waals surface area (Å²) in [5, 5.41) is 2.53. The number of primary amides is 1. The number of fused-ring (bicyclic) bond motifs is 1. The number of para-hydroxylation sites is 2. The van der Waals surface area contributed by atoms with Crippen molar-refractivity contribution in [3.63, 3.8) is 0 Å². The van der Waals surface area contributed by atoms with Gasteiger partial charge in [0.2, 0.25) is 5.91 Å². The number of hydrogen-bond donors (Lipinski definition) is 3. The molecule has 40 heavy (non-hydrogen) atoms. The van der Waals surface area contributed by atoms with E-state index in [2.05, 4.69) is 20.0 Å². The van der Waals surface area contributed by atoms with E-state index in [1.54, 1.807) is 60.7 Å². The summed E-state index contributed by atoms with van der Waals surface area (Å²) in [5.74, 6) is 0.162. The molecule has 0 saturated heterocycles. The average molecular weight is 583 g/mol. The third-order valence-electron chi connectivity index (χ3n) is 6.44. The van der Waals surface area contributed by atoms with Crippen LogP contribution in [0.1, 0.15) is 29.8 Å². The number of nitrogens with one attached hydrogen (secondary N) is 2. The third-order valence-corrected chi connectivity index (χ3v) is 8.42. The lowest BCUT2D eigenvalue weighted by Gasteiger charge is -2.30. The molecule has 1 heterocycles. The van der Waals surface area contributed by atoms with Crippen LogP contribution in [0.3, 0.4) is 0 Å². The number of sulfonamides is 1. The average Bonchev–Trinajstić information content (AvgIpc) is 2.94. The van der Waals surface area contributed by atoms with Gasteiger partial charge >= 0.3 is 0 Å². The Kier molecular flexibility index (Phi) is 9.08. The number of halogens is 1. The van der Waals surface area contributed by atoms with E-state index in [1.807, 2.05) is 24.8 Å². The van der Waals surface area contributed by atoms with Gasteiger partial charge in [-0.05, 0) is 55.1 Å². The molecule has 0 aliphatic rings. The molecule has 0 bridgehead atoms. The van der Waals surface area contributed by atoms with E-state index in [4.69, 9.17) is 22.1 Å². The van der Waals surface area contributed by atoms with Crippen molar-refractivity contribution in [1.82, 2.24) is 14.9 Å². The van der Waals surface area contributed by atoms with Gasteiger partial charge in [-0.3, -0.25) is 14.4 Å². The number of rotatable bonds is 12. The molecule has 0 aliphatic carbocycles. The Morgan fingerprint density at radius 2 is 1.68 bits per heavy atom. The highest BCUT2D eigenvalue weighted by molar-refractivity contribution is 7.93. The summed E-state index contributed by atoms with van der Waals surface area (Å²) in [5.41, 5.74) is 7.96. The van der Waals surface area contributed by atoms with Gasteiger partial charge in [-0.2, -0.15) is 0 Å². The number of nitrogens with two attached hydrogens (primary N) is 1. The number of nitrogens with zero attached hydrogens (tertiary/aromatic N) is 3. The highest BCUT2D eigenvalue weighted by Crippen LogP contribution is 2.33. The number of amides is 1. The van der Waals surface area contributed by atoms with Crippen LogP contribution < -0.4 is 20.5 Å². The topological polar surface area (TPSA) is 140 Å². The Balaban J connectivity index is 1.76. The van der Waals surface area contributed by atoms with E-state index >= 15 is 0 Å². The van der Waals surface area contributed by atoms with Crippen molar-refractivity contribution in [3.05, 3.63) is 82.9 Å². The Hall–Kier alpha value is -3.93. The van der Waals surface area contributed by atoms with Crippen LogP contribution in [-0.4, -0.2) is 54.8 Å². The fourth-order valence-electron chi connectivity index (χ4n) is 4.33. The number of methoxy groups -OCH3 is 1. The molecule has 1 aromatic heterocycles. The van der Waals surface area contributed by atoms with Crippen molar-refractivity contribution in [1.29, 1.82) is 0 Å². The molecule has 10 nitrogen and oxygen atoms in total. The molecular formula is C28H31ClN6O4S. The highest BCUT2D eigenvalue weighted by atomic mass is 35.5. The predicted molar refractivity (Wildman–Crippen MR) is 159 cm³/mol. The fourth-order valence-corrected chi connectivity index (χ4v) is 6.15. The van der Waals surface area contributed by atoms with Crippen LogP contribution in [0.15, 0.2) is 66.7 Å². The normalized spacial score (nSPS) is 12.3. The number of likely N-dealkylation sites (N-methyl/N-ethyl adjacent to an activating group) is 1. The highest BCUT2D eigenvalue weighted by Gasteiger charge is 2.32. The molecule has 1 unspecified atom stereocenters. The number of aromatic nitrogens is 2. The first-order valence-corrected chi connectivity index (χ1v) is 14.6. The summed E-state index contributed by atoms with van der Waals surface area (Å²) in [6.45, 7) is 4.73. The maximum absolute atomic E-state index is 14.0. The number of ether oxygens (including phenoxy) is 1. The van der Waals surface area contributed by atoms with Gasteiger partial charge in [0, 0.05) is 18.1 Å². The fraction of sp³-hybridized carbons (Fsp3) is 0.250. The van der Waals surface area contributed by atoms with Gasteiger partial charge in [0.15, 0.2) is 11.6 Å². The summed E-state index contributed by atoms with van der Waals surface area (Å²) in [6, 6.07) is 18.9. The number of carbonyl (C=O) groups excluding carboxylic acids is 1. The molecule has 4 aromatic rings. The van der Waals surface area contributed by atoms with Crippen LogP contribution in [0.4, 0.5) is 17.3 Å². The zero-order valence-electron chi connectivity index (χ0n) is 22.4. The molecular weight excluding hydrogens is 552 g/mol. The summed E-state index contributed by atoms with van der Waals surface area (Å²) < 4.78 is 36.0. The maximum atomic E-state index is 14.0. The molecule has 3 aromatic carbocycles. The molecule has 210 valence electrons. The van der Waals surface area contributed by atoms with Crippen LogP contribution in [0, 0.1) is 0 Å². The summed E-state index contributed by atoms with van der Waals surface area (Å²) in [4.78, 5) is 22.8. The van der Waals surface area contributed by atoms with Gasteiger partial charge in [-0.1, -0.05) is 49.7 Å². The SMILES string of the molecule is CCN(CC)C(Cc1cccc(C(N)=O)c1)S(=O)(=O)Nc1nc2ccccc2nc1Nc1cc(OC)ccc1Cl. The largest absolute Gasteiger partial charge is 0.497 e. The second-order valence-corrected chi connectivity index (χ2v) is 11.2. The second kappa shape index (κ2) is 12.5. The van der Waals surface area contributed by atoms with Crippen molar-refractivity contribution in [2.45, 2.75) is 25.6 Å². The Bertz CT molecular complexity index is 1630. The van der Waals surface area contributed by atoms with Gasteiger partial charge in [0.25, 0.3) is 10.0 Å². The second-order valence-electron chi connectivity index (χ2n) is 8.97. The van der Waals surface area contributed by atoms with E-state index in [9.17, 15) is 13.2 Å². The lowest BCUT2D eigenvalue weighted by atomic mass is 10.1. The maximum Gasteiger partial charge on any atom is 0.250 e. The van der Waals surface area contributed by atoms with Crippen LogP contribution in [-0.2, 0) is 16.4 Å². The molecule has 0 fully saturated rings. The van der Waals surface area contributed by atoms with Crippen LogP contribution in [0.2, 0.25) is 5.02 Å². The standard InChI is InChI=1S/C28H31ClN6O4S/c1-4-35(5-2)25(16-18-9-8-10-19(15-18)26(30)36)40(37,38)34-28-27(31-22-11-6-7-12-23(22)32-28)33-24-17-20(39-3)13-14-21(24)29/h6-15,17,25H,4-5,16H2,1-3H3,(H2,30,36)(H,31,33)(H,32,34). The lowest BCUT2D eigenvalue weighted by Crippen LogP contribution is -2.45. The lowest BCUT2D eigenvalue weighted by molar-refractivity contribution is 0.1000. The van der Waals surface area contributed by atoms with Gasteiger partial charge < -0.3 is 15.8 Å². The molecule has 0 saturated carbocycles. The summed E-state index contributed by atoms with van der Waals surface area (Å²) in [6.07, 6.45) is 0.115. The molecule has 1 amide bonds. The zero-order valence-corrected chi connectivity index (χ0v) is 24.0. The quantitative estimate of drug-likeness (QED) is 0.217. The van der Waals surface area contributed by atoms with E-state index in [-0.39, 0.29) is 18.1 Å². The molecule has 4 N–H and O–H groups in total. The van der Waals surface area contributed by atoms with E-state index in [1.165, 1.54) is 7.11 Å². The number of carbonyl (C=O) groups is 1. The Morgan fingerprint density at radius 1 is 1.00 bits per heavy atom. The first-order chi connectivity index (χ1) is 19.1. The molecule has 1 atom stereocenters. The minimum Gasteiger partial charge on any atom is -0.497 e. The van der Waals surface area contributed by atoms with Crippen molar-refractivity contribution in [2.75, 3.05) is 30.2 Å². The van der Waals surface area contributed by atoms with Gasteiger partial charge in [0.05, 0.1) is 28.9 Å². The van der Waals surface area contributed by atoms with Crippen molar-refractivity contribution < 1.29 is 17.9 Å². The van der Waals surface area contributed by atoms with Crippen molar-refractivity contribution in [2.24, 2.45) is 5.73 Å². The molecule has 0 aliphatic heterocycles. The van der Waals surface area contributed by atoms with E-state index < -0.39 is 21.3 Å². The first kappa shape index (κ1) is 29.1. The smallest absolute Gasteiger partial charge is 0.250 e. The summed E-state index contributed by atoms with van der Waals surface area (Å²) in [7, 11) is -2.54. The Morgan fingerprint density at radius 3 is 2.30 bits per heavy atom. The van der Waals surface area contributed by atoms with Crippen molar-refractivity contribution in [3.8, 4) is 5.75 Å². The first-order valence-electron chi connectivity index (χ1n) is 12.7. The van der Waals surface area contributed by atoms with Gasteiger partial charge in [0.1, 0.15) is 11.1 Å². The van der Waals surface area contributed by atoms with E-state index in [0.29, 0.717) is 51.7 Å².